The first-order chi connectivity index (χ1) is 12.8. The molecule has 3 aliphatic rings. The van der Waals surface area contributed by atoms with Crippen molar-refractivity contribution in [2.75, 3.05) is 0 Å². The van der Waals surface area contributed by atoms with Gasteiger partial charge in [0.25, 0.3) is 0 Å². The van der Waals surface area contributed by atoms with Crippen LogP contribution in [-0.2, 0) is 12.8 Å². The fourth-order valence-electron chi connectivity index (χ4n) is 6.46. The number of nitrogens with zero attached hydrogens (tertiary/aromatic N) is 1. The molecule has 1 aromatic rings. The topological polar surface area (TPSA) is 23.8 Å². The van der Waals surface area contributed by atoms with Gasteiger partial charge >= 0.3 is 0 Å². The summed E-state index contributed by atoms with van der Waals surface area (Å²) >= 11 is 0. The van der Waals surface area contributed by atoms with Crippen LogP contribution in [0.1, 0.15) is 87.8 Å². The van der Waals surface area contributed by atoms with Crippen molar-refractivity contribution in [1.82, 2.24) is 0 Å². The van der Waals surface area contributed by atoms with Crippen molar-refractivity contribution in [3.63, 3.8) is 0 Å². The van der Waals surface area contributed by atoms with E-state index in [-0.39, 0.29) is 0 Å². The van der Waals surface area contributed by atoms with Gasteiger partial charge in [-0.3, -0.25) is 0 Å². The molecule has 1 nitrogen and oxygen atoms in total. The first-order valence-corrected chi connectivity index (χ1v) is 11.3. The van der Waals surface area contributed by atoms with Crippen LogP contribution in [0.15, 0.2) is 18.2 Å². The van der Waals surface area contributed by atoms with Gasteiger partial charge < -0.3 is 0 Å². The molecule has 1 heteroatoms. The minimum Gasteiger partial charge on any atom is -0.192 e. The highest BCUT2D eigenvalue weighted by Crippen LogP contribution is 2.49. The number of hydrogen-bond donors (Lipinski definition) is 0. The van der Waals surface area contributed by atoms with Crippen LogP contribution in [0.25, 0.3) is 0 Å². The van der Waals surface area contributed by atoms with E-state index in [2.05, 4.69) is 25.1 Å². The molecule has 5 atom stereocenters. The van der Waals surface area contributed by atoms with Crippen LogP contribution in [0.2, 0.25) is 0 Å². The zero-order valence-corrected chi connectivity index (χ0v) is 16.6. The summed E-state index contributed by atoms with van der Waals surface area (Å²) in [5, 5.41) is 9.12. The number of fused-ring (bicyclic) bond motifs is 2. The zero-order chi connectivity index (χ0) is 17.9. The van der Waals surface area contributed by atoms with E-state index in [1.54, 1.807) is 6.42 Å². The van der Waals surface area contributed by atoms with Gasteiger partial charge in [-0.15, -0.1) is 0 Å². The Morgan fingerprint density at radius 3 is 2.50 bits per heavy atom. The molecule has 26 heavy (non-hydrogen) atoms. The molecule has 0 spiro atoms. The van der Waals surface area contributed by atoms with Crippen molar-refractivity contribution in [3.05, 3.63) is 34.9 Å². The fraction of sp³-hybridized carbons (Fsp3) is 0.720. The molecule has 140 valence electrons. The van der Waals surface area contributed by atoms with E-state index in [0.29, 0.717) is 0 Å². The highest BCUT2D eigenvalue weighted by Gasteiger charge is 2.38. The number of benzene rings is 1. The summed E-state index contributed by atoms with van der Waals surface area (Å²) in [6, 6.07) is 8.70. The van der Waals surface area contributed by atoms with Gasteiger partial charge in [0.15, 0.2) is 0 Å². The van der Waals surface area contributed by atoms with E-state index < -0.39 is 0 Å². The Bertz CT molecular complexity index is 655. The maximum atomic E-state index is 9.12. The molecule has 0 amide bonds. The van der Waals surface area contributed by atoms with E-state index in [4.69, 9.17) is 5.26 Å². The summed E-state index contributed by atoms with van der Waals surface area (Å²) in [5.74, 6) is 5.00. The Labute approximate surface area is 160 Å². The Kier molecular flexibility index (Phi) is 5.68. The number of nitriles is 1. The summed E-state index contributed by atoms with van der Waals surface area (Å²) in [5.41, 5.74) is 3.82. The van der Waals surface area contributed by atoms with Gasteiger partial charge in [-0.05, 0) is 104 Å². The van der Waals surface area contributed by atoms with Crippen LogP contribution in [0.4, 0.5) is 0 Å². The van der Waals surface area contributed by atoms with Gasteiger partial charge in [-0.25, -0.2) is 0 Å². The van der Waals surface area contributed by atoms with Crippen LogP contribution < -0.4 is 0 Å². The maximum absolute atomic E-state index is 9.12. The molecule has 0 radical (unpaired) electrons. The van der Waals surface area contributed by atoms with Crippen LogP contribution in [-0.4, -0.2) is 0 Å². The van der Waals surface area contributed by atoms with Crippen LogP contribution in [0.3, 0.4) is 0 Å². The first-order valence-electron chi connectivity index (χ1n) is 11.3. The normalized spacial score (nSPS) is 33.8. The second-order valence-electron chi connectivity index (χ2n) is 9.51. The minimum absolute atomic E-state index is 0.836. The molecule has 0 saturated heterocycles. The lowest BCUT2D eigenvalue weighted by molar-refractivity contribution is 0.0691. The predicted molar refractivity (Wildman–Crippen MR) is 108 cm³/mol. The van der Waals surface area contributed by atoms with Crippen molar-refractivity contribution in [1.29, 1.82) is 5.26 Å². The Morgan fingerprint density at radius 2 is 1.69 bits per heavy atom. The largest absolute Gasteiger partial charge is 0.192 e. The number of aryl methyl sites for hydroxylation is 1. The molecule has 0 bridgehead atoms. The second-order valence-corrected chi connectivity index (χ2v) is 9.51. The first kappa shape index (κ1) is 18.1. The summed E-state index contributed by atoms with van der Waals surface area (Å²) < 4.78 is 0. The summed E-state index contributed by atoms with van der Waals surface area (Å²) in [7, 11) is 0. The molecule has 2 fully saturated rings. The standard InChI is InChI=1S/C25H35N/c1-2-3-4-18-5-7-22-15-24(11-9-20(22)13-18)25-12-10-21-14-19(17-26)6-8-23(21)16-25/h6,8,14,18,20,22,24-25H,2-5,7,9-13,15-16H2,1H3. The fourth-order valence-corrected chi connectivity index (χ4v) is 6.46. The second kappa shape index (κ2) is 8.16. The third-order valence-electron chi connectivity index (χ3n) is 8.00. The number of rotatable bonds is 4. The van der Waals surface area contributed by atoms with Crippen LogP contribution in [0.5, 0.6) is 0 Å². The molecular formula is C25H35N. The average Bonchev–Trinajstić information content (AvgIpc) is 2.70. The van der Waals surface area contributed by atoms with E-state index in [9.17, 15) is 0 Å². The van der Waals surface area contributed by atoms with Gasteiger partial charge in [0.1, 0.15) is 0 Å². The smallest absolute Gasteiger partial charge is 0.0991 e. The highest BCUT2D eigenvalue weighted by atomic mass is 14.4. The quantitative estimate of drug-likeness (QED) is 0.594. The van der Waals surface area contributed by atoms with E-state index in [0.717, 1.165) is 35.2 Å². The molecule has 0 N–H and O–H groups in total. The van der Waals surface area contributed by atoms with Crippen molar-refractivity contribution in [2.45, 2.75) is 84.0 Å². The average molecular weight is 350 g/mol. The molecule has 1 aromatic carbocycles. The molecule has 0 aromatic heterocycles. The van der Waals surface area contributed by atoms with Gasteiger partial charge in [0.05, 0.1) is 11.6 Å². The monoisotopic (exact) mass is 349 g/mol. The van der Waals surface area contributed by atoms with Crippen molar-refractivity contribution < 1.29 is 0 Å². The Hall–Kier alpha value is -1.29. The minimum atomic E-state index is 0.836. The van der Waals surface area contributed by atoms with E-state index in [1.807, 2.05) is 6.07 Å². The van der Waals surface area contributed by atoms with Crippen molar-refractivity contribution >= 4 is 0 Å². The zero-order valence-electron chi connectivity index (χ0n) is 16.6. The summed E-state index contributed by atoms with van der Waals surface area (Å²) in [6.07, 6.45) is 17.2. The van der Waals surface area contributed by atoms with Crippen LogP contribution >= 0.6 is 0 Å². The Balaban J connectivity index is 1.34. The third-order valence-corrected chi connectivity index (χ3v) is 8.00. The molecule has 4 rings (SSSR count). The maximum Gasteiger partial charge on any atom is 0.0991 e. The summed E-state index contributed by atoms with van der Waals surface area (Å²) in [6.45, 7) is 2.33. The van der Waals surface area contributed by atoms with E-state index in [1.165, 1.54) is 81.8 Å². The van der Waals surface area contributed by atoms with Gasteiger partial charge in [0, 0.05) is 0 Å². The highest BCUT2D eigenvalue weighted by molar-refractivity contribution is 5.39. The lowest BCUT2D eigenvalue weighted by atomic mass is 9.61. The molecule has 3 aliphatic carbocycles. The molecular weight excluding hydrogens is 314 g/mol. The van der Waals surface area contributed by atoms with Crippen molar-refractivity contribution in [2.24, 2.45) is 29.6 Å². The van der Waals surface area contributed by atoms with Crippen molar-refractivity contribution in [3.8, 4) is 6.07 Å². The third kappa shape index (κ3) is 3.85. The summed E-state index contributed by atoms with van der Waals surface area (Å²) in [4.78, 5) is 0. The van der Waals surface area contributed by atoms with E-state index >= 15 is 0 Å². The molecule has 0 aliphatic heterocycles. The Morgan fingerprint density at radius 1 is 0.923 bits per heavy atom. The molecule has 5 unspecified atom stereocenters. The predicted octanol–water partition coefficient (Wildman–Crippen LogP) is 6.69. The van der Waals surface area contributed by atoms with Gasteiger partial charge in [-0.2, -0.15) is 5.26 Å². The SMILES string of the molecule is CCCCC1CCC2CC(C3CCc4cc(C#N)ccc4C3)CCC2C1. The van der Waals surface area contributed by atoms with Crippen LogP contribution in [0, 0.1) is 40.9 Å². The van der Waals surface area contributed by atoms with Gasteiger partial charge in [0.2, 0.25) is 0 Å². The molecule has 2 saturated carbocycles. The number of unbranched alkanes of at least 4 members (excludes halogenated alkanes) is 1. The lowest BCUT2D eigenvalue weighted by Crippen LogP contribution is -2.35. The lowest BCUT2D eigenvalue weighted by Gasteiger charge is -2.45. The number of hydrogen-bond acceptors (Lipinski definition) is 1. The van der Waals surface area contributed by atoms with Gasteiger partial charge in [-0.1, -0.05) is 38.7 Å². The molecule has 0 heterocycles.